The number of nitrogens with zero attached hydrogens (tertiary/aromatic N) is 4. The number of fused-ring (bicyclic) bond motifs is 2. The minimum Gasteiger partial charge on any atom is -0.371 e. The van der Waals surface area contributed by atoms with Gasteiger partial charge >= 0.3 is 0 Å². The van der Waals surface area contributed by atoms with Crippen LogP contribution >= 0.6 is 0 Å². The quantitative estimate of drug-likeness (QED) is 0.359. The van der Waals surface area contributed by atoms with Crippen LogP contribution in [0, 0.1) is 0 Å². The number of piperidine rings is 1. The fourth-order valence-corrected chi connectivity index (χ4v) is 5.99. The first-order valence-electron chi connectivity index (χ1n) is 12.7. The number of carbonyl (C=O) groups is 1. The van der Waals surface area contributed by atoms with Gasteiger partial charge in [-0.15, -0.1) is 0 Å². The van der Waals surface area contributed by atoms with Crippen molar-refractivity contribution in [3.05, 3.63) is 71.8 Å². The number of benzene rings is 3. The Morgan fingerprint density at radius 3 is 2.11 bits per heavy atom. The molecule has 6 nitrogen and oxygen atoms in total. The molecule has 2 saturated heterocycles. The van der Waals surface area contributed by atoms with Crippen LogP contribution < -0.4 is 14.7 Å². The Bertz CT molecular complexity index is 1410. The van der Waals surface area contributed by atoms with Crippen LogP contribution in [-0.2, 0) is 0 Å². The van der Waals surface area contributed by atoms with Crippen molar-refractivity contribution in [2.45, 2.75) is 19.3 Å². The minimum atomic E-state index is 0.0855. The molecule has 4 aromatic rings. The molecule has 2 fully saturated rings. The first-order chi connectivity index (χ1) is 17.3. The van der Waals surface area contributed by atoms with Crippen LogP contribution in [0.3, 0.4) is 0 Å². The average molecular weight is 465 g/mol. The van der Waals surface area contributed by atoms with Gasteiger partial charge in [0.1, 0.15) is 5.52 Å². The van der Waals surface area contributed by atoms with Gasteiger partial charge in [-0.3, -0.25) is 4.79 Å². The van der Waals surface area contributed by atoms with Crippen molar-refractivity contribution >= 4 is 33.7 Å². The van der Waals surface area contributed by atoms with E-state index in [2.05, 4.69) is 56.3 Å². The number of aromatic nitrogens is 1. The van der Waals surface area contributed by atoms with Gasteiger partial charge in [-0.2, -0.15) is 0 Å². The summed E-state index contributed by atoms with van der Waals surface area (Å²) in [5.41, 5.74) is 6.53. The molecule has 0 amide bonds. The fraction of sp³-hybridized carbons (Fsp3) is 0.310. The van der Waals surface area contributed by atoms with Crippen molar-refractivity contribution in [2.24, 2.45) is 0 Å². The third kappa shape index (κ3) is 3.23. The summed E-state index contributed by atoms with van der Waals surface area (Å²) in [6.07, 6.45) is 3.56. The number of carbonyl (C=O) groups excluding carboxylic acids is 1. The highest BCUT2D eigenvalue weighted by Crippen LogP contribution is 2.47. The molecule has 0 bridgehead atoms. The Balaban J connectivity index is 1.35. The van der Waals surface area contributed by atoms with Crippen LogP contribution in [0.1, 0.15) is 35.2 Å². The smallest absolute Gasteiger partial charge is 0.196 e. The number of anilines is 3. The molecule has 1 aliphatic carbocycles. The molecule has 35 heavy (non-hydrogen) atoms. The molecule has 0 N–H and O–H groups in total. The van der Waals surface area contributed by atoms with E-state index in [0.29, 0.717) is 5.56 Å². The third-order valence-corrected chi connectivity index (χ3v) is 7.80. The summed E-state index contributed by atoms with van der Waals surface area (Å²) >= 11 is 0. The molecule has 1 aromatic heterocycles. The van der Waals surface area contributed by atoms with Crippen molar-refractivity contribution < 1.29 is 9.32 Å². The van der Waals surface area contributed by atoms with Crippen LogP contribution in [0.25, 0.3) is 22.2 Å². The molecule has 7 rings (SSSR count). The summed E-state index contributed by atoms with van der Waals surface area (Å²) < 4.78 is 5.98. The van der Waals surface area contributed by atoms with Gasteiger partial charge in [0, 0.05) is 56.1 Å². The maximum atomic E-state index is 13.8. The molecule has 3 heterocycles. The van der Waals surface area contributed by atoms with E-state index in [-0.39, 0.29) is 5.78 Å². The lowest BCUT2D eigenvalue weighted by molar-refractivity contribution is 0.104. The first-order valence-corrected chi connectivity index (χ1v) is 12.7. The molecular weight excluding hydrogens is 436 g/mol. The van der Waals surface area contributed by atoms with Crippen LogP contribution in [0.5, 0.6) is 0 Å². The lowest BCUT2D eigenvalue weighted by atomic mass is 9.85. The maximum Gasteiger partial charge on any atom is 0.196 e. The topological polar surface area (TPSA) is 52.8 Å². The normalized spacial score (nSPS) is 17.7. The Labute approximate surface area is 204 Å². The van der Waals surface area contributed by atoms with E-state index in [1.807, 2.05) is 24.3 Å². The molecule has 176 valence electrons. The van der Waals surface area contributed by atoms with Gasteiger partial charge in [0.05, 0.1) is 22.3 Å². The largest absolute Gasteiger partial charge is 0.371 e. The second-order valence-electron chi connectivity index (χ2n) is 9.76. The Morgan fingerprint density at radius 1 is 0.686 bits per heavy atom. The molecule has 0 atom stereocenters. The zero-order valence-corrected chi connectivity index (χ0v) is 19.7. The SMILES string of the molecule is O=C1c2ccccc2-c2onc3c(N4CCN(c5ccccc5)CC4)cc(N4CCCCC4)c1c23. The number of hydrogen-bond donors (Lipinski definition) is 0. The van der Waals surface area contributed by atoms with E-state index in [0.717, 1.165) is 91.3 Å². The van der Waals surface area contributed by atoms with Crippen LogP contribution in [0.4, 0.5) is 17.1 Å². The van der Waals surface area contributed by atoms with E-state index in [9.17, 15) is 4.79 Å². The second kappa shape index (κ2) is 8.15. The summed E-state index contributed by atoms with van der Waals surface area (Å²) in [5.74, 6) is 0.815. The van der Waals surface area contributed by atoms with Gasteiger partial charge in [-0.25, -0.2) is 0 Å². The zero-order chi connectivity index (χ0) is 23.4. The average Bonchev–Trinajstić information content (AvgIpc) is 3.38. The third-order valence-electron chi connectivity index (χ3n) is 7.80. The summed E-state index contributed by atoms with van der Waals surface area (Å²) in [5, 5.41) is 5.45. The molecule has 0 spiro atoms. The van der Waals surface area contributed by atoms with Crippen LogP contribution in [0.15, 0.2) is 65.2 Å². The van der Waals surface area contributed by atoms with Crippen molar-refractivity contribution in [1.29, 1.82) is 0 Å². The summed E-state index contributed by atoms with van der Waals surface area (Å²) in [7, 11) is 0. The summed E-state index contributed by atoms with van der Waals surface area (Å²) in [6, 6.07) is 20.6. The van der Waals surface area contributed by atoms with Crippen molar-refractivity contribution in [2.75, 3.05) is 54.0 Å². The highest BCUT2D eigenvalue weighted by Gasteiger charge is 2.35. The molecule has 3 aliphatic rings. The van der Waals surface area contributed by atoms with E-state index in [4.69, 9.17) is 4.52 Å². The molecule has 0 radical (unpaired) electrons. The Kier molecular flexibility index (Phi) is 4.79. The lowest BCUT2D eigenvalue weighted by Crippen LogP contribution is -2.46. The first kappa shape index (κ1) is 20.6. The summed E-state index contributed by atoms with van der Waals surface area (Å²) in [4.78, 5) is 21.1. The number of ketones is 1. The number of rotatable bonds is 3. The van der Waals surface area contributed by atoms with Gasteiger partial charge in [-0.1, -0.05) is 47.6 Å². The second-order valence-corrected chi connectivity index (χ2v) is 9.76. The minimum absolute atomic E-state index is 0.0855. The van der Waals surface area contributed by atoms with Gasteiger partial charge < -0.3 is 19.2 Å². The monoisotopic (exact) mass is 464 g/mol. The molecule has 2 aliphatic heterocycles. The van der Waals surface area contributed by atoms with Gasteiger partial charge in [0.15, 0.2) is 11.5 Å². The predicted molar refractivity (Wildman–Crippen MR) is 140 cm³/mol. The molecule has 3 aromatic carbocycles. The van der Waals surface area contributed by atoms with Crippen LogP contribution in [0.2, 0.25) is 0 Å². The van der Waals surface area contributed by atoms with Gasteiger partial charge in [-0.05, 0) is 37.5 Å². The molecule has 6 heteroatoms. The van der Waals surface area contributed by atoms with Crippen molar-refractivity contribution in [3.8, 4) is 11.3 Å². The molecule has 0 saturated carbocycles. The van der Waals surface area contributed by atoms with Gasteiger partial charge in [0.2, 0.25) is 0 Å². The van der Waals surface area contributed by atoms with Crippen molar-refractivity contribution in [3.63, 3.8) is 0 Å². The maximum absolute atomic E-state index is 13.8. The van der Waals surface area contributed by atoms with Crippen molar-refractivity contribution in [1.82, 2.24) is 5.16 Å². The Hall–Kier alpha value is -3.80. The number of para-hydroxylation sites is 1. The molecule has 0 unspecified atom stereocenters. The standard InChI is InChI=1S/C29H28N4O2/c34-28-21-11-5-6-12-22(21)29-26-25(28)23(32-13-7-2-8-14-32)19-24(27(26)30-35-29)33-17-15-31(16-18-33)20-9-3-1-4-10-20/h1,3-6,9-12,19H,2,7-8,13-18H2. The van der Waals surface area contributed by atoms with Gasteiger partial charge in [0.25, 0.3) is 0 Å². The highest BCUT2D eigenvalue weighted by molar-refractivity contribution is 6.28. The van der Waals surface area contributed by atoms with E-state index in [1.54, 1.807) is 0 Å². The van der Waals surface area contributed by atoms with Crippen LogP contribution in [-0.4, -0.2) is 50.2 Å². The lowest BCUT2D eigenvalue weighted by Gasteiger charge is -2.38. The number of hydrogen-bond acceptors (Lipinski definition) is 6. The predicted octanol–water partition coefficient (Wildman–Crippen LogP) is 5.36. The van der Waals surface area contributed by atoms with E-state index >= 15 is 0 Å². The zero-order valence-electron chi connectivity index (χ0n) is 19.7. The van der Waals surface area contributed by atoms with E-state index < -0.39 is 0 Å². The van der Waals surface area contributed by atoms with E-state index in [1.165, 1.54) is 12.1 Å². The fourth-order valence-electron chi connectivity index (χ4n) is 5.99. The highest BCUT2D eigenvalue weighted by atomic mass is 16.5. The number of piperazine rings is 1. The molecular formula is C29H28N4O2. The Morgan fingerprint density at radius 2 is 1.34 bits per heavy atom. The summed E-state index contributed by atoms with van der Waals surface area (Å²) in [6.45, 7) is 5.65.